The van der Waals surface area contributed by atoms with Crippen LogP contribution in [0.4, 0.5) is 13.2 Å². The minimum atomic E-state index is -4.37. The summed E-state index contributed by atoms with van der Waals surface area (Å²) in [6, 6.07) is 5.88. The molecule has 0 aliphatic heterocycles. The molecule has 2 atom stereocenters. The minimum absolute atomic E-state index is 0.0213. The van der Waals surface area contributed by atoms with Crippen LogP contribution >= 0.6 is 0 Å². The Balaban J connectivity index is 1.82. The molecule has 1 spiro atoms. The average Bonchev–Trinajstić information content (AvgIpc) is 2.94. The molecule has 0 heterocycles. The molecular weight excluding hydrogens is 279 g/mol. The fraction of sp³-hybridized carbons (Fsp3) is 0.625. The first-order valence-corrected chi connectivity index (χ1v) is 7.47. The van der Waals surface area contributed by atoms with Crippen molar-refractivity contribution in [1.82, 2.24) is 5.32 Å². The minimum Gasteiger partial charge on any atom is -0.489 e. The predicted molar refractivity (Wildman–Crippen MR) is 74.2 cm³/mol. The van der Waals surface area contributed by atoms with Crippen LogP contribution in [0.3, 0.4) is 0 Å². The van der Waals surface area contributed by atoms with E-state index >= 15 is 0 Å². The second-order valence-corrected chi connectivity index (χ2v) is 6.12. The lowest BCUT2D eigenvalue weighted by molar-refractivity contribution is -0.142. The molecular formula is C16H20F3NO. The van der Waals surface area contributed by atoms with Gasteiger partial charge in [0.05, 0.1) is 5.56 Å². The highest BCUT2D eigenvalue weighted by molar-refractivity contribution is 5.36. The molecule has 0 saturated heterocycles. The molecule has 0 aromatic heterocycles. The van der Waals surface area contributed by atoms with Crippen molar-refractivity contribution in [1.29, 1.82) is 0 Å². The number of ether oxygens (including phenoxy) is 1. The number of hydrogen-bond acceptors (Lipinski definition) is 2. The van der Waals surface area contributed by atoms with E-state index in [1.165, 1.54) is 12.1 Å². The Morgan fingerprint density at radius 3 is 2.48 bits per heavy atom. The molecule has 116 valence electrons. The van der Waals surface area contributed by atoms with E-state index in [1.54, 1.807) is 6.07 Å². The standard InChI is InChI=1S/C16H20F3NO/c1-20-13-10-14(15(13)8-4-5-9-15)21-12-7-3-2-6-11(12)16(17,18)19/h2-3,6-7,13-14,20H,4-5,8-10H2,1H3. The van der Waals surface area contributed by atoms with E-state index in [-0.39, 0.29) is 17.3 Å². The van der Waals surface area contributed by atoms with Gasteiger partial charge in [0.15, 0.2) is 0 Å². The number of para-hydroxylation sites is 1. The number of alkyl halides is 3. The zero-order valence-electron chi connectivity index (χ0n) is 12.0. The Kier molecular flexibility index (Phi) is 3.64. The molecule has 2 unspecified atom stereocenters. The average molecular weight is 299 g/mol. The molecule has 0 amide bonds. The van der Waals surface area contributed by atoms with Gasteiger partial charge in [-0.2, -0.15) is 13.2 Å². The molecule has 0 bridgehead atoms. The normalized spacial score (nSPS) is 27.6. The van der Waals surface area contributed by atoms with Gasteiger partial charge < -0.3 is 10.1 Å². The fourth-order valence-corrected chi connectivity index (χ4v) is 3.98. The third-order valence-corrected chi connectivity index (χ3v) is 5.13. The summed E-state index contributed by atoms with van der Waals surface area (Å²) in [4.78, 5) is 0. The SMILES string of the molecule is CNC1CC(Oc2ccccc2C(F)(F)F)C12CCCC2. The Bertz CT molecular complexity index is 508. The van der Waals surface area contributed by atoms with Crippen LogP contribution in [0.2, 0.25) is 0 Å². The largest absolute Gasteiger partial charge is 0.489 e. The van der Waals surface area contributed by atoms with E-state index in [2.05, 4.69) is 5.32 Å². The summed E-state index contributed by atoms with van der Waals surface area (Å²) in [5.41, 5.74) is -0.654. The van der Waals surface area contributed by atoms with Gasteiger partial charge in [0.2, 0.25) is 0 Å². The Hall–Kier alpha value is -1.23. The van der Waals surface area contributed by atoms with Crippen LogP contribution in [-0.2, 0) is 6.18 Å². The lowest BCUT2D eigenvalue weighted by Crippen LogP contribution is -2.63. The zero-order valence-corrected chi connectivity index (χ0v) is 12.0. The molecule has 2 fully saturated rings. The van der Waals surface area contributed by atoms with E-state index in [1.807, 2.05) is 7.05 Å². The van der Waals surface area contributed by atoms with Gasteiger partial charge in [-0.05, 0) is 32.0 Å². The first-order valence-electron chi connectivity index (χ1n) is 7.47. The molecule has 1 aromatic carbocycles. The van der Waals surface area contributed by atoms with E-state index in [0.29, 0.717) is 6.04 Å². The van der Waals surface area contributed by atoms with Gasteiger partial charge >= 0.3 is 6.18 Å². The van der Waals surface area contributed by atoms with Crippen LogP contribution in [0, 0.1) is 5.41 Å². The highest BCUT2D eigenvalue weighted by Gasteiger charge is 2.57. The third kappa shape index (κ3) is 2.41. The zero-order chi connectivity index (χ0) is 15.1. The van der Waals surface area contributed by atoms with Crippen molar-refractivity contribution in [2.75, 3.05) is 7.05 Å². The molecule has 5 heteroatoms. The lowest BCUT2D eigenvalue weighted by Gasteiger charge is -2.53. The molecule has 3 rings (SSSR count). The molecule has 0 radical (unpaired) electrons. The van der Waals surface area contributed by atoms with Crippen molar-refractivity contribution < 1.29 is 17.9 Å². The van der Waals surface area contributed by atoms with Crippen LogP contribution < -0.4 is 10.1 Å². The summed E-state index contributed by atoms with van der Waals surface area (Å²) in [5.74, 6) is -0.0316. The molecule has 2 saturated carbocycles. The summed E-state index contributed by atoms with van der Waals surface area (Å²) >= 11 is 0. The van der Waals surface area contributed by atoms with Crippen molar-refractivity contribution in [2.24, 2.45) is 5.41 Å². The van der Waals surface area contributed by atoms with Crippen molar-refractivity contribution in [3.63, 3.8) is 0 Å². The maximum atomic E-state index is 13.0. The molecule has 1 N–H and O–H groups in total. The topological polar surface area (TPSA) is 21.3 Å². The van der Waals surface area contributed by atoms with Crippen molar-refractivity contribution in [3.05, 3.63) is 29.8 Å². The molecule has 2 nitrogen and oxygen atoms in total. The first kappa shape index (κ1) is 14.7. The van der Waals surface area contributed by atoms with Gasteiger partial charge in [-0.25, -0.2) is 0 Å². The summed E-state index contributed by atoms with van der Waals surface area (Å²) in [6.45, 7) is 0. The van der Waals surface area contributed by atoms with Gasteiger partial charge in [0.1, 0.15) is 11.9 Å². The molecule has 2 aliphatic rings. The summed E-state index contributed by atoms with van der Waals surface area (Å²) in [6.07, 6.45) is 0.655. The van der Waals surface area contributed by atoms with Gasteiger partial charge in [0, 0.05) is 17.9 Å². The monoisotopic (exact) mass is 299 g/mol. The maximum absolute atomic E-state index is 13.0. The quantitative estimate of drug-likeness (QED) is 0.910. The second kappa shape index (κ2) is 5.20. The summed E-state index contributed by atoms with van der Waals surface area (Å²) in [5, 5.41) is 3.29. The van der Waals surface area contributed by atoms with Gasteiger partial charge in [0.25, 0.3) is 0 Å². The van der Waals surface area contributed by atoms with Gasteiger partial charge in [-0.1, -0.05) is 25.0 Å². The third-order valence-electron chi connectivity index (χ3n) is 5.13. The molecule has 2 aliphatic carbocycles. The van der Waals surface area contributed by atoms with E-state index in [0.717, 1.165) is 38.2 Å². The van der Waals surface area contributed by atoms with Crippen molar-refractivity contribution >= 4 is 0 Å². The maximum Gasteiger partial charge on any atom is 0.419 e. The Labute approximate surface area is 122 Å². The number of nitrogens with one attached hydrogen (secondary N) is 1. The van der Waals surface area contributed by atoms with E-state index in [4.69, 9.17) is 4.74 Å². The van der Waals surface area contributed by atoms with Crippen LogP contribution in [0.25, 0.3) is 0 Å². The van der Waals surface area contributed by atoms with E-state index in [9.17, 15) is 13.2 Å². The van der Waals surface area contributed by atoms with Crippen LogP contribution in [0.1, 0.15) is 37.7 Å². The fourth-order valence-electron chi connectivity index (χ4n) is 3.98. The highest BCUT2D eigenvalue weighted by Crippen LogP contribution is 2.55. The summed E-state index contributed by atoms with van der Waals surface area (Å²) in [7, 11) is 1.92. The Morgan fingerprint density at radius 1 is 1.19 bits per heavy atom. The van der Waals surface area contributed by atoms with Crippen LogP contribution in [0.15, 0.2) is 24.3 Å². The molecule has 1 aromatic rings. The first-order chi connectivity index (χ1) is 9.97. The van der Waals surface area contributed by atoms with Gasteiger partial charge in [-0.3, -0.25) is 0 Å². The summed E-state index contributed by atoms with van der Waals surface area (Å²) < 4.78 is 44.9. The second-order valence-electron chi connectivity index (χ2n) is 6.12. The molecule has 21 heavy (non-hydrogen) atoms. The van der Waals surface area contributed by atoms with Crippen LogP contribution in [0.5, 0.6) is 5.75 Å². The number of rotatable bonds is 3. The highest BCUT2D eigenvalue weighted by atomic mass is 19.4. The van der Waals surface area contributed by atoms with Crippen molar-refractivity contribution in [2.45, 2.75) is 50.4 Å². The smallest absolute Gasteiger partial charge is 0.419 e. The predicted octanol–water partition coefficient (Wildman–Crippen LogP) is 4.00. The van der Waals surface area contributed by atoms with Crippen LogP contribution in [-0.4, -0.2) is 19.2 Å². The lowest BCUT2D eigenvalue weighted by atomic mass is 9.60. The number of benzene rings is 1. The number of hydrogen-bond donors (Lipinski definition) is 1. The Morgan fingerprint density at radius 2 is 1.86 bits per heavy atom. The van der Waals surface area contributed by atoms with Gasteiger partial charge in [-0.15, -0.1) is 0 Å². The van der Waals surface area contributed by atoms with E-state index < -0.39 is 11.7 Å². The number of halogens is 3. The van der Waals surface area contributed by atoms with Crippen molar-refractivity contribution in [3.8, 4) is 5.75 Å².